The molecule has 0 bridgehead atoms. The highest BCUT2D eigenvalue weighted by Crippen LogP contribution is 2.28. The number of para-hydroxylation sites is 2. The Labute approximate surface area is 208 Å². The molecule has 1 amide bonds. The van der Waals surface area contributed by atoms with Gasteiger partial charge in [-0.15, -0.1) is 11.8 Å². The molecule has 1 atom stereocenters. The number of rotatable bonds is 7. The maximum atomic E-state index is 12.8. The van der Waals surface area contributed by atoms with Crippen molar-refractivity contribution in [2.45, 2.75) is 17.1 Å². The number of amides is 1. The zero-order valence-electron chi connectivity index (χ0n) is 18.9. The van der Waals surface area contributed by atoms with Crippen molar-refractivity contribution < 1.29 is 9.53 Å². The molecule has 172 valence electrons. The number of nitrogens with one attached hydrogen (secondary N) is 3. The lowest BCUT2D eigenvalue weighted by Gasteiger charge is -2.15. The molecule has 0 fully saturated rings. The minimum absolute atomic E-state index is 0.0491. The van der Waals surface area contributed by atoms with Crippen LogP contribution in [0.1, 0.15) is 6.92 Å². The van der Waals surface area contributed by atoms with Crippen molar-refractivity contribution in [1.29, 1.82) is 0 Å². The third kappa shape index (κ3) is 6.07. The van der Waals surface area contributed by atoms with Gasteiger partial charge in [0.1, 0.15) is 5.75 Å². The summed E-state index contributed by atoms with van der Waals surface area (Å²) < 4.78 is 5.35. The van der Waals surface area contributed by atoms with Crippen LogP contribution in [0, 0.1) is 0 Å². The van der Waals surface area contributed by atoms with Gasteiger partial charge in [0, 0.05) is 16.3 Å². The lowest BCUT2D eigenvalue weighted by molar-refractivity contribution is -0.115. The minimum Gasteiger partial charge on any atom is -0.495 e. The van der Waals surface area contributed by atoms with Gasteiger partial charge in [0.25, 0.3) is 0 Å². The number of methoxy groups -OCH3 is 1. The van der Waals surface area contributed by atoms with Gasteiger partial charge in [-0.2, -0.15) is 0 Å². The van der Waals surface area contributed by atoms with Gasteiger partial charge in [0.05, 0.1) is 18.0 Å². The average molecular weight is 488 g/mol. The molecule has 0 heterocycles. The zero-order valence-corrected chi connectivity index (χ0v) is 20.5. The van der Waals surface area contributed by atoms with E-state index in [1.54, 1.807) is 7.11 Å². The van der Waals surface area contributed by atoms with Gasteiger partial charge < -0.3 is 20.7 Å². The Morgan fingerprint density at radius 3 is 2.38 bits per heavy atom. The smallest absolute Gasteiger partial charge is 0.237 e. The fourth-order valence-electron chi connectivity index (χ4n) is 3.45. The van der Waals surface area contributed by atoms with Crippen LogP contribution >= 0.6 is 24.0 Å². The fourth-order valence-corrected chi connectivity index (χ4v) is 4.60. The lowest BCUT2D eigenvalue weighted by Crippen LogP contribution is -2.22. The Morgan fingerprint density at radius 1 is 0.824 bits per heavy atom. The highest BCUT2D eigenvalue weighted by atomic mass is 32.2. The molecule has 0 radical (unpaired) electrons. The maximum absolute atomic E-state index is 12.8. The molecular weight excluding hydrogens is 462 g/mol. The fraction of sp³-hybridized carbons (Fsp3) is 0.111. The molecule has 0 aliphatic carbocycles. The predicted molar refractivity (Wildman–Crippen MR) is 147 cm³/mol. The summed E-state index contributed by atoms with van der Waals surface area (Å²) >= 11 is 6.95. The number of benzene rings is 4. The first-order valence-electron chi connectivity index (χ1n) is 10.8. The summed E-state index contributed by atoms with van der Waals surface area (Å²) in [7, 11) is 1.62. The second-order valence-corrected chi connectivity index (χ2v) is 9.44. The molecule has 0 aromatic heterocycles. The molecule has 5 nitrogen and oxygen atoms in total. The molecular formula is C27H25N3O2S2. The summed E-state index contributed by atoms with van der Waals surface area (Å²) in [6, 6.07) is 29.4. The van der Waals surface area contributed by atoms with E-state index in [1.807, 2.05) is 91.9 Å². The summed E-state index contributed by atoms with van der Waals surface area (Å²) in [6.07, 6.45) is 0. The number of anilines is 3. The van der Waals surface area contributed by atoms with E-state index < -0.39 is 0 Å². The molecule has 0 saturated carbocycles. The minimum atomic E-state index is -0.277. The maximum Gasteiger partial charge on any atom is 0.237 e. The summed E-state index contributed by atoms with van der Waals surface area (Å²) in [5.74, 6) is 0.661. The van der Waals surface area contributed by atoms with Crippen molar-refractivity contribution in [2.75, 3.05) is 23.1 Å². The second kappa shape index (κ2) is 11.0. The van der Waals surface area contributed by atoms with E-state index in [1.165, 1.54) is 11.8 Å². The van der Waals surface area contributed by atoms with Crippen LogP contribution in [0.3, 0.4) is 0 Å². The van der Waals surface area contributed by atoms with Crippen LogP contribution in [0.5, 0.6) is 5.75 Å². The SMILES string of the molecule is COc1ccccc1NC(=S)Nc1cccc(SC(C)C(=O)Nc2ccc3ccccc3c2)c1. The Morgan fingerprint density at radius 2 is 1.56 bits per heavy atom. The van der Waals surface area contributed by atoms with Crippen molar-refractivity contribution in [2.24, 2.45) is 0 Å². The van der Waals surface area contributed by atoms with E-state index in [0.29, 0.717) is 10.9 Å². The van der Waals surface area contributed by atoms with Crippen molar-refractivity contribution in [3.8, 4) is 5.75 Å². The third-order valence-corrected chi connectivity index (χ3v) is 6.44. The molecule has 3 N–H and O–H groups in total. The molecule has 4 aromatic rings. The quantitative estimate of drug-likeness (QED) is 0.197. The first-order valence-corrected chi connectivity index (χ1v) is 12.1. The van der Waals surface area contributed by atoms with Crippen LogP contribution in [0.15, 0.2) is 95.9 Å². The number of hydrogen-bond donors (Lipinski definition) is 3. The second-order valence-electron chi connectivity index (χ2n) is 7.62. The van der Waals surface area contributed by atoms with E-state index in [2.05, 4.69) is 22.0 Å². The van der Waals surface area contributed by atoms with Gasteiger partial charge in [-0.25, -0.2) is 0 Å². The van der Waals surface area contributed by atoms with E-state index >= 15 is 0 Å². The number of hydrogen-bond acceptors (Lipinski definition) is 4. The number of carbonyl (C=O) groups is 1. The van der Waals surface area contributed by atoms with Crippen LogP contribution < -0.4 is 20.7 Å². The number of thiocarbonyl (C=S) groups is 1. The van der Waals surface area contributed by atoms with E-state index in [4.69, 9.17) is 17.0 Å². The largest absolute Gasteiger partial charge is 0.495 e. The Bertz CT molecular complexity index is 1330. The van der Waals surface area contributed by atoms with Gasteiger partial charge in [-0.05, 0) is 72.4 Å². The first kappa shape index (κ1) is 23.6. The van der Waals surface area contributed by atoms with Gasteiger partial charge in [0.15, 0.2) is 5.11 Å². The summed E-state index contributed by atoms with van der Waals surface area (Å²) in [6.45, 7) is 1.90. The Hall–Kier alpha value is -3.55. The highest BCUT2D eigenvalue weighted by molar-refractivity contribution is 8.00. The molecule has 0 saturated heterocycles. The van der Waals surface area contributed by atoms with Crippen LogP contribution in [0.2, 0.25) is 0 Å². The van der Waals surface area contributed by atoms with Crippen molar-refractivity contribution >= 4 is 62.8 Å². The highest BCUT2D eigenvalue weighted by Gasteiger charge is 2.15. The molecule has 0 aliphatic rings. The van der Waals surface area contributed by atoms with Crippen molar-refractivity contribution in [1.82, 2.24) is 0 Å². The van der Waals surface area contributed by atoms with Gasteiger partial charge in [0.2, 0.25) is 5.91 Å². The topological polar surface area (TPSA) is 62.4 Å². The van der Waals surface area contributed by atoms with Crippen LogP contribution in [-0.4, -0.2) is 23.4 Å². The van der Waals surface area contributed by atoms with Gasteiger partial charge in [-0.1, -0.05) is 48.5 Å². The van der Waals surface area contributed by atoms with Crippen LogP contribution in [0.4, 0.5) is 17.1 Å². The molecule has 0 spiro atoms. The van der Waals surface area contributed by atoms with E-state index in [0.717, 1.165) is 32.7 Å². The zero-order chi connectivity index (χ0) is 23.9. The number of thioether (sulfide) groups is 1. The molecule has 0 aliphatic heterocycles. The Balaban J connectivity index is 1.36. The van der Waals surface area contributed by atoms with Crippen molar-refractivity contribution in [3.05, 3.63) is 91.0 Å². The summed E-state index contributed by atoms with van der Waals surface area (Å²) in [5.41, 5.74) is 2.41. The van der Waals surface area contributed by atoms with Crippen molar-refractivity contribution in [3.63, 3.8) is 0 Å². The predicted octanol–water partition coefficient (Wildman–Crippen LogP) is 6.78. The molecule has 4 aromatic carbocycles. The molecule has 7 heteroatoms. The van der Waals surface area contributed by atoms with Gasteiger partial charge in [-0.3, -0.25) is 4.79 Å². The lowest BCUT2D eigenvalue weighted by atomic mass is 10.1. The third-order valence-electron chi connectivity index (χ3n) is 5.15. The Kier molecular flexibility index (Phi) is 7.67. The van der Waals surface area contributed by atoms with Crippen LogP contribution in [0.25, 0.3) is 10.8 Å². The van der Waals surface area contributed by atoms with Crippen LogP contribution in [-0.2, 0) is 4.79 Å². The first-order chi connectivity index (χ1) is 16.5. The summed E-state index contributed by atoms with van der Waals surface area (Å²) in [4.78, 5) is 13.8. The normalized spacial score (nSPS) is 11.5. The molecule has 4 rings (SSSR count). The number of ether oxygens (including phenoxy) is 1. The average Bonchev–Trinajstić information content (AvgIpc) is 2.84. The number of carbonyl (C=O) groups excluding carboxylic acids is 1. The van der Waals surface area contributed by atoms with E-state index in [-0.39, 0.29) is 11.2 Å². The monoisotopic (exact) mass is 487 g/mol. The van der Waals surface area contributed by atoms with Gasteiger partial charge >= 0.3 is 0 Å². The summed E-state index contributed by atoms with van der Waals surface area (Å²) in [5, 5.41) is 11.8. The standard InChI is InChI=1S/C27H25N3O2S2/c1-18(26(31)28-22-15-14-19-8-3-4-9-20(19)16-22)34-23-11-7-10-21(17-23)29-27(33)30-24-12-5-6-13-25(24)32-2/h3-18H,1-2H3,(H,28,31)(H2,29,30,33). The molecule has 1 unspecified atom stereocenters. The molecule has 34 heavy (non-hydrogen) atoms. The van der Waals surface area contributed by atoms with E-state index in [9.17, 15) is 4.79 Å². The number of fused-ring (bicyclic) bond motifs is 1.